The molecule has 1 aliphatic heterocycles. The summed E-state index contributed by atoms with van der Waals surface area (Å²) in [6, 6.07) is 2.38. The molecule has 0 unspecified atom stereocenters. The van der Waals surface area contributed by atoms with Gasteiger partial charge in [0.1, 0.15) is 22.2 Å². The number of aromatic nitrogens is 4. The Bertz CT molecular complexity index is 1360. The predicted octanol–water partition coefficient (Wildman–Crippen LogP) is 4.08. The molecule has 214 valence electrons. The van der Waals surface area contributed by atoms with E-state index < -0.39 is 17.8 Å². The smallest absolute Gasteiger partial charge is 0.433 e. The summed E-state index contributed by atoms with van der Waals surface area (Å²) in [6.07, 6.45) is -1.82. The molecule has 4 heterocycles. The second-order valence-electron chi connectivity index (χ2n) is 8.96. The van der Waals surface area contributed by atoms with Crippen molar-refractivity contribution < 1.29 is 27.5 Å². The standard InChI is InChI=1S/C25H29F3N8O3S/c1-4-39-22(38)19-14(2)32-24(40-19)35-23-33-20(30-10-9-29-15(3)37)17-6-5-11-36(21(17)34-23)13-16-7-8-18(31-12-16)25(26,27)28/h7-8,12H,4-6,9-11,13H2,1-3H3,(H,29,37)(H2,30,32,33,34,35). The molecular formula is C25H29F3N8O3S. The number of esters is 1. The molecule has 0 atom stereocenters. The number of carbonyl (C=O) groups excluding carboxylic acids is 2. The molecule has 3 N–H and O–H groups in total. The molecule has 15 heteroatoms. The summed E-state index contributed by atoms with van der Waals surface area (Å²) >= 11 is 1.12. The third-order valence-corrected chi connectivity index (χ3v) is 6.95. The molecule has 40 heavy (non-hydrogen) atoms. The Morgan fingerprint density at radius 2 is 1.98 bits per heavy atom. The number of ether oxygens (including phenoxy) is 1. The van der Waals surface area contributed by atoms with Crippen LogP contribution in [0.4, 0.5) is 35.9 Å². The van der Waals surface area contributed by atoms with Crippen LogP contribution in [0.25, 0.3) is 0 Å². The van der Waals surface area contributed by atoms with Crippen LogP contribution in [0.3, 0.4) is 0 Å². The van der Waals surface area contributed by atoms with Crippen LogP contribution in [0.2, 0.25) is 0 Å². The summed E-state index contributed by atoms with van der Waals surface area (Å²) in [7, 11) is 0. The Hall–Kier alpha value is -4.01. The van der Waals surface area contributed by atoms with Gasteiger partial charge >= 0.3 is 12.1 Å². The molecule has 3 aromatic heterocycles. The highest BCUT2D eigenvalue weighted by molar-refractivity contribution is 7.17. The van der Waals surface area contributed by atoms with Gasteiger partial charge in [0.25, 0.3) is 0 Å². The van der Waals surface area contributed by atoms with E-state index in [2.05, 4.69) is 30.9 Å². The first-order valence-electron chi connectivity index (χ1n) is 12.6. The van der Waals surface area contributed by atoms with Gasteiger partial charge in [0.05, 0.1) is 12.3 Å². The number of thiazole rings is 1. The number of fused-ring (bicyclic) bond motifs is 1. The predicted molar refractivity (Wildman–Crippen MR) is 144 cm³/mol. The van der Waals surface area contributed by atoms with E-state index in [1.54, 1.807) is 13.8 Å². The largest absolute Gasteiger partial charge is 0.462 e. The SMILES string of the molecule is CCOC(=O)c1sc(Nc2nc(NCCNC(C)=O)c3c(n2)N(Cc2ccc(C(F)(F)F)nc2)CCC3)nc1C. The topological polar surface area (TPSA) is 134 Å². The fourth-order valence-corrected chi connectivity index (χ4v) is 4.98. The van der Waals surface area contributed by atoms with Gasteiger partial charge in [0.2, 0.25) is 11.9 Å². The Morgan fingerprint density at radius 3 is 2.65 bits per heavy atom. The molecule has 4 rings (SSSR count). The number of anilines is 4. The van der Waals surface area contributed by atoms with Gasteiger partial charge in [-0.15, -0.1) is 0 Å². The first kappa shape index (κ1) is 29.0. The van der Waals surface area contributed by atoms with E-state index in [4.69, 9.17) is 9.72 Å². The summed E-state index contributed by atoms with van der Waals surface area (Å²) in [6.45, 7) is 6.81. The highest BCUT2D eigenvalue weighted by Crippen LogP contribution is 2.34. The van der Waals surface area contributed by atoms with Crippen molar-refractivity contribution in [3.63, 3.8) is 0 Å². The summed E-state index contributed by atoms with van der Waals surface area (Å²) in [5.74, 6) is 0.786. The third kappa shape index (κ3) is 7.14. The van der Waals surface area contributed by atoms with Crippen molar-refractivity contribution in [2.75, 3.05) is 41.8 Å². The van der Waals surface area contributed by atoms with Crippen LogP contribution in [-0.4, -0.2) is 58.1 Å². The van der Waals surface area contributed by atoms with E-state index in [9.17, 15) is 22.8 Å². The molecule has 0 fully saturated rings. The van der Waals surface area contributed by atoms with E-state index in [0.29, 0.717) is 65.5 Å². The van der Waals surface area contributed by atoms with Gasteiger partial charge in [-0.2, -0.15) is 23.1 Å². The number of aryl methyl sites for hydroxylation is 1. The van der Waals surface area contributed by atoms with Gasteiger partial charge in [-0.25, -0.2) is 9.78 Å². The molecule has 1 aliphatic rings. The maximum atomic E-state index is 13.0. The van der Waals surface area contributed by atoms with Crippen LogP contribution < -0.4 is 20.9 Å². The molecule has 0 aromatic carbocycles. The summed E-state index contributed by atoms with van der Waals surface area (Å²) < 4.78 is 44.0. The first-order chi connectivity index (χ1) is 19.0. The molecule has 0 spiro atoms. The number of nitrogens with zero attached hydrogens (tertiary/aromatic N) is 5. The van der Waals surface area contributed by atoms with Crippen LogP contribution in [0.5, 0.6) is 0 Å². The van der Waals surface area contributed by atoms with E-state index >= 15 is 0 Å². The van der Waals surface area contributed by atoms with E-state index in [1.807, 2.05) is 4.90 Å². The molecule has 0 bridgehead atoms. The second-order valence-corrected chi connectivity index (χ2v) is 9.96. The van der Waals surface area contributed by atoms with Gasteiger partial charge in [0.15, 0.2) is 5.13 Å². The molecule has 0 radical (unpaired) electrons. The maximum absolute atomic E-state index is 13.0. The van der Waals surface area contributed by atoms with Crippen molar-refractivity contribution >= 4 is 45.9 Å². The van der Waals surface area contributed by atoms with Gasteiger partial charge in [-0.3, -0.25) is 15.1 Å². The minimum Gasteiger partial charge on any atom is -0.462 e. The van der Waals surface area contributed by atoms with Crippen LogP contribution in [0, 0.1) is 6.92 Å². The molecular weight excluding hydrogens is 549 g/mol. The van der Waals surface area contributed by atoms with Crippen LogP contribution in [0.1, 0.15) is 52.5 Å². The quantitative estimate of drug-likeness (QED) is 0.239. The zero-order chi connectivity index (χ0) is 28.9. The lowest BCUT2D eigenvalue weighted by Gasteiger charge is -2.31. The molecule has 3 aromatic rings. The zero-order valence-electron chi connectivity index (χ0n) is 22.2. The van der Waals surface area contributed by atoms with E-state index in [1.165, 1.54) is 19.2 Å². The Kier molecular flexibility index (Phi) is 9.02. The van der Waals surface area contributed by atoms with Crippen LogP contribution >= 0.6 is 11.3 Å². The second kappa shape index (κ2) is 12.4. The number of alkyl halides is 3. The molecule has 1 amide bonds. The molecule has 0 saturated carbocycles. The van der Waals surface area contributed by atoms with Gasteiger partial charge in [0, 0.05) is 44.9 Å². The Labute approximate surface area is 232 Å². The highest BCUT2D eigenvalue weighted by atomic mass is 32.1. The minimum absolute atomic E-state index is 0.151. The normalized spacial score (nSPS) is 13.0. The Balaban J connectivity index is 1.63. The molecule has 0 aliphatic carbocycles. The Morgan fingerprint density at radius 1 is 1.18 bits per heavy atom. The van der Waals surface area contributed by atoms with E-state index in [-0.39, 0.29) is 18.5 Å². The average Bonchev–Trinajstić information content (AvgIpc) is 3.26. The van der Waals surface area contributed by atoms with Crippen molar-refractivity contribution in [3.8, 4) is 0 Å². The van der Waals surface area contributed by atoms with Gasteiger partial charge in [-0.1, -0.05) is 17.4 Å². The lowest BCUT2D eigenvalue weighted by atomic mass is 10.1. The fourth-order valence-electron chi connectivity index (χ4n) is 4.13. The average molecular weight is 579 g/mol. The van der Waals surface area contributed by atoms with Crippen LogP contribution in [0.15, 0.2) is 18.3 Å². The van der Waals surface area contributed by atoms with Gasteiger partial charge in [-0.05, 0) is 38.3 Å². The number of pyridine rings is 1. The minimum atomic E-state index is -4.51. The van der Waals surface area contributed by atoms with Crippen molar-refractivity contribution in [2.45, 2.75) is 46.3 Å². The lowest BCUT2D eigenvalue weighted by Crippen LogP contribution is -2.32. The molecule has 11 nitrogen and oxygen atoms in total. The number of hydrogen-bond donors (Lipinski definition) is 3. The lowest BCUT2D eigenvalue weighted by molar-refractivity contribution is -0.141. The molecule has 0 saturated heterocycles. The summed E-state index contributed by atoms with van der Waals surface area (Å²) in [4.78, 5) is 43.2. The number of amides is 1. The number of hydrogen-bond acceptors (Lipinski definition) is 11. The van der Waals surface area contributed by atoms with Crippen molar-refractivity contribution in [3.05, 3.63) is 45.7 Å². The van der Waals surface area contributed by atoms with Gasteiger partial charge < -0.3 is 20.3 Å². The van der Waals surface area contributed by atoms with Crippen molar-refractivity contribution in [1.82, 2.24) is 25.3 Å². The van der Waals surface area contributed by atoms with Crippen molar-refractivity contribution in [2.24, 2.45) is 0 Å². The fraction of sp³-hybridized carbons (Fsp3) is 0.440. The number of carbonyl (C=O) groups is 2. The number of rotatable bonds is 10. The number of nitrogens with one attached hydrogen (secondary N) is 3. The maximum Gasteiger partial charge on any atom is 0.433 e. The number of halogens is 3. The summed E-state index contributed by atoms with van der Waals surface area (Å²) in [5.41, 5.74) is 1.01. The third-order valence-electron chi connectivity index (χ3n) is 5.90. The van der Waals surface area contributed by atoms with Crippen molar-refractivity contribution in [1.29, 1.82) is 0 Å². The zero-order valence-corrected chi connectivity index (χ0v) is 23.0. The monoisotopic (exact) mass is 578 g/mol. The van der Waals surface area contributed by atoms with Crippen LogP contribution in [-0.2, 0) is 28.7 Å². The van der Waals surface area contributed by atoms with E-state index in [0.717, 1.165) is 29.4 Å². The first-order valence-corrected chi connectivity index (χ1v) is 13.4. The highest BCUT2D eigenvalue weighted by Gasteiger charge is 2.32. The summed E-state index contributed by atoms with van der Waals surface area (Å²) in [5, 5.41) is 9.46.